The monoisotopic (exact) mass is 278 g/mol. The lowest BCUT2D eigenvalue weighted by Gasteiger charge is -2.10. The molecule has 0 N–H and O–H groups in total. The lowest BCUT2D eigenvalue weighted by atomic mass is 10.2. The third-order valence-electron chi connectivity index (χ3n) is 3.80. The molecule has 3 rings (SSSR count). The first kappa shape index (κ1) is 12.8. The van der Waals surface area contributed by atoms with Crippen LogP contribution in [0.5, 0.6) is 5.75 Å². The van der Waals surface area contributed by atoms with Crippen LogP contribution >= 0.6 is 11.6 Å². The zero-order chi connectivity index (χ0) is 13.4. The molecule has 1 fully saturated rings. The second-order valence-corrected chi connectivity index (χ2v) is 5.98. The van der Waals surface area contributed by atoms with Gasteiger partial charge in [0.25, 0.3) is 0 Å². The van der Waals surface area contributed by atoms with E-state index in [0.717, 1.165) is 35.1 Å². The molecule has 0 bridgehead atoms. The Balaban J connectivity index is 2.01. The summed E-state index contributed by atoms with van der Waals surface area (Å²) >= 11 is 6.27. The molecule has 1 heterocycles. The Morgan fingerprint density at radius 2 is 2.26 bits per heavy atom. The average molecular weight is 279 g/mol. The normalized spacial score (nSPS) is 16.8. The lowest BCUT2D eigenvalue weighted by Crippen LogP contribution is -2.05. The zero-order valence-electron chi connectivity index (χ0n) is 11.4. The summed E-state index contributed by atoms with van der Waals surface area (Å²) in [5.41, 5.74) is 2.13. The molecule has 1 aliphatic rings. The van der Waals surface area contributed by atoms with Crippen LogP contribution in [0.3, 0.4) is 0 Å². The third kappa shape index (κ3) is 2.57. The largest absolute Gasteiger partial charge is 0.497 e. The molecule has 1 unspecified atom stereocenters. The van der Waals surface area contributed by atoms with E-state index in [9.17, 15) is 0 Å². The number of halogens is 1. The number of alkyl halides is 1. The van der Waals surface area contributed by atoms with Gasteiger partial charge in [0, 0.05) is 12.6 Å². The van der Waals surface area contributed by atoms with Crippen LogP contribution in [0.4, 0.5) is 0 Å². The maximum atomic E-state index is 6.27. The van der Waals surface area contributed by atoms with E-state index in [2.05, 4.69) is 15.6 Å². The maximum absolute atomic E-state index is 6.27. The van der Waals surface area contributed by atoms with Gasteiger partial charge in [-0.2, -0.15) is 0 Å². The Labute approximate surface area is 118 Å². The first-order valence-corrected chi connectivity index (χ1v) is 7.31. The molecule has 1 saturated carbocycles. The van der Waals surface area contributed by atoms with Crippen molar-refractivity contribution in [3.8, 4) is 5.75 Å². The van der Waals surface area contributed by atoms with Crippen LogP contribution in [0.1, 0.15) is 37.4 Å². The SMILES string of the molecule is COc1ccc2c(c1)nc(C(C)Cl)n2CCC1CC1. The molecule has 1 aromatic carbocycles. The van der Waals surface area contributed by atoms with Crippen LogP contribution in [-0.4, -0.2) is 16.7 Å². The van der Waals surface area contributed by atoms with E-state index in [1.54, 1.807) is 7.11 Å². The molecule has 0 aliphatic heterocycles. The summed E-state index contributed by atoms with van der Waals surface area (Å²) < 4.78 is 7.53. The summed E-state index contributed by atoms with van der Waals surface area (Å²) in [6.45, 7) is 2.99. The molecule has 0 radical (unpaired) electrons. The number of hydrogen-bond donors (Lipinski definition) is 0. The van der Waals surface area contributed by atoms with Crippen LogP contribution in [0.2, 0.25) is 0 Å². The van der Waals surface area contributed by atoms with Crippen molar-refractivity contribution < 1.29 is 4.74 Å². The predicted octanol–water partition coefficient (Wildman–Crippen LogP) is 4.14. The van der Waals surface area contributed by atoms with Crippen LogP contribution in [0.15, 0.2) is 18.2 Å². The number of methoxy groups -OCH3 is 1. The van der Waals surface area contributed by atoms with E-state index >= 15 is 0 Å². The topological polar surface area (TPSA) is 27.1 Å². The second-order valence-electron chi connectivity index (χ2n) is 5.32. The zero-order valence-corrected chi connectivity index (χ0v) is 12.2. The molecule has 1 aliphatic carbocycles. The molecule has 3 nitrogen and oxygen atoms in total. The molecule has 0 saturated heterocycles. The first-order chi connectivity index (χ1) is 9.19. The van der Waals surface area contributed by atoms with Crippen molar-refractivity contribution in [2.24, 2.45) is 5.92 Å². The molecule has 0 spiro atoms. The van der Waals surface area contributed by atoms with Gasteiger partial charge in [-0.05, 0) is 31.4 Å². The van der Waals surface area contributed by atoms with Gasteiger partial charge in [0.2, 0.25) is 0 Å². The van der Waals surface area contributed by atoms with Gasteiger partial charge in [-0.15, -0.1) is 11.6 Å². The van der Waals surface area contributed by atoms with Gasteiger partial charge in [-0.3, -0.25) is 0 Å². The summed E-state index contributed by atoms with van der Waals surface area (Å²) in [5.74, 6) is 2.72. The molecule has 0 amide bonds. The van der Waals surface area contributed by atoms with Crippen LogP contribution in [-0.2, 0) is 6.54 Å². The summed E-state index contributed by atoms with van der Waals surface area (Å²) in [6.07, 6.45) is 3.99. The molecular formula is C15H19ClN2O. The van der Waals surface area contributed by atoms with Gasteiger partial charge in [0.1, 0.15) is 11.6 Å². The first-order valence-electron chi connectivity index (χ1n) is 6.87. The van der Waals surface area contributed by atoms with Crippen molar-refractivity contribution >= 4 is 22.6 Å². The van der Waals surface area contributed by atoms with Gasteiger partial charge in [0.15, 0.2) is 0 Å². The van der Waals surface area contributed by atoms with Crippen molar-refractivity contribution in [1.82, 2.24) is 9.55 Å². The van der Waals surface area contributed by atoms with Crippen LogP contribution in [0, 0.1) is 5.92 Å². The van der Waals surface area contributed by atoms with E-state index in [-0.39, 0.29) is 5.38 Å². The van der Waals surface area contributed by atoms with Gasteiger partial charge >= 0.3 is 0 Å². The van der Waals surface area contributed by atoms with Crippen molar-refractivity contribution in [2.75, 3.05) is 7.11 Å². The molecule has 1 atom stereocenters. The quantitative estimate of drug-likeness (QED) is 0.769. The average Bonchev–Trinajstić information content (AvgIpc) is 3.16. The van der Waals surface area contributed by atoms with Gasteiger partial charge in [0.05, 0.1) is 23.5 Å². The number of aromatic nitrogens is 2. The number of benzene rings is 1. The minimum Gasteiger partial charge on any atom is -0.497 e. The minimum absolute atomic E-state index is 0.0717. The fraction of sp³-hybridized carbons (Fsp3) is 0.533. The number of rotatable bonds is 5. The summed E-state index contributed by atoms with van der Waals surface area (Å²) in [6, 6.07) is 6.04. The van der Waals surface area contributed by atoms with Gasteiger partial charge < -0.3 is 9.30 Å². The highest BCUT2D eigenvalue weighted by Crippen LogP contribution is 2.34. The number of imidazole rings is 1. The summed E-state index contributed by atoms with van der Waals surface area (Å²) in [4.78, 5) is 4.67. The molecule has 1 aromatic heterocycles. The van der Waals surface area contributed by atoms with Gasteiger partial charge in [-0.1, -0.05) is 12.8 Å². The second kappa shape index (κ2) is 5.04. The Bertz CT molecular complexity index is 587. The fourth-order valence-electron chi connectivity index (χ4n) is 2.51. The summed E-state index contributed by atoms with van der Waals surface area (Å²) in [7, 11) is 1.68. The highest BCUT2D eigenvalue weighted by Gasteiger charge is 2.22. The number of nitrogens with zero attached hydrogens (tertiary/aromatic N) is 2. The van der Waals surface area contributed by atoms with Crippen LogP contribution < -0.4 is 4.74 Å². The Hall–Kier alpha value is -1.22. The number of fused-ring (bicyclic) bond motifs is 1. The highest BCUT2D eigenvalue weighted by atomic mass is 35.5. The van der Waals surface area contributed by atoms with Gasteiger partial charge in [-0.25, -0.2) is 4.98 Å². The highest BCUT2D eigenvalue weighted by molar-refractivity contribution is 6.20. The number of hydrogen-bond acceptors (Lipinski definition) is 2. The smallest absolute Gasteiger partial charge is 0.127 e. The Kier molecular flexibility index (Phi) is 3.40. The molecule has 19 heavy (non-hydrogen) atoms. The number of ether oxygens (including phenoxy) is 1. The third-order valence-corrected chi connectivity index (χ3v) is 3.99. The van der Waals surface area contributed by atoms with Crippen molar-refractivity contribution in [3.05, 3.63) is 24.0 Å². The van der Waals surface area contributed by atoms with E-state index in [1.165, 1.54) is 19.3 Å². The van der Waals surface area contributed by atoms with Crippen molar-refractivity contribution in [1.29, 1.82) is 0 Å². The molecule has 4 heteroatoms. The van der Waals surface area contributed by atoms with E-state index in [1.807, 2.05) is 19.1 Å². The maximum Gasteiger partial charge on any atom is 0.127 e. The Morgan fingerprint density at radius 1 is 1.47 bits per heavy atom. The summed E-state index contributed by atoms with van der Waals surface area (Å²) in [5, 5.41) is -0.0717. The lowest BCUT2D eigenvalue weighted by molar-refractivity contribution is 0.415. The van der Waals surface area contributed by atoms with Crippen molar-refractivity contribution in [3.63, 3.8) is 0 Å². The molecule has 102 valence electrons. The standard InChI is InChI=1S/C15H19ClN2O/c1-10(16)15-17-13-9-12(19-2)5-6-14(13)18(15)8-7-11-3-4-11/h5-6,9-11H,3-4,7-8H2,1-2H3. The molecular weight excluding hydrogens is 260 g/mol. The minimum atomic E-state index is -0.0717. The Morgan fingerprint density at radius 3 is 2.89 bits per heavy atom. The van der Waals surface area contributed by atoms with Crippen molar-refractivity contribution in [2.45, 2.75) is 38.1 Å². The van der Waals surface area contributed by atoms with E-state index < -0.39 is 0 Å². The van der Waals surface area contributed by atoms with Crippen LogP contribution in [0.25, 0.3) is 11.0 Å². The van der Waals surface area contributed by atoms with E-state index in [0.29, 0.717) is 0 Å². The molecule has 2 aromatic rings. The predicted molar refractivity (Wildman–Crippen MR) is 77.9 cm³/mol. The van der Waals surface area contributed by atoms with E-state index in [4.69, 9.17) is 16.3 Å². The number of aryl methyl sites for hydroxylation is 1. The fourth-order valence-corrected chi connectivity index (χ4v) is 2.68.